The number of nitrogens with one attached hydrogen (secondary N) is 2. The van der Waals surface area contributed by atoms with E-state index in [1.807, 2.05) is 30.5 Å². The largest absolute Gasteiger partial charge is 0.462 e. The summed E-state index contributed by atoms with van der Waals surface area (Å²) in [4.78, 5) is 40.0. The van der Waals surface area contributed by atoms with Crippen LogP contribution >= 0.6 is 0 Å². The van der Waals surface area contributed by atoms with Crippen molar-refractivity contribution in [3.63, 3.8) is 0 Å². The molecule has 1 aromatic heterocycles. The fraction of sp³-hybridized carbons (Fsp3) is 0.500. The molecule has 0 spiro atoms. The second-order valence-corrected chi connectivity index (χ2v) is 7.80. The molecule has 0 aliphatic heterocycles. The number of ether oxygens (including phenoxy) is 2. The van der Waals surface area contributed by atoms with Crippen molar-refractivity contribution in [3.8, 4) is 0 Å². The van der Waals surface area contributed by atoms with Crippen molar-refractivity contribution >= 4 is 28.7 Å². The molecule has 0 radical (unpaired) electrons. The number of fused-ring (bicyclic) bond motifs is 1. The SMILES string of the molecule is CC(C)OC(=O)C(N)CCC(=O)N[C@H](Cc1c[nH]c2ccccc12)C(=O)OC(C)C. The maximum Gasteiger partial charge on any atom is 0.329 e. The summed E-state index contributed by atoms with van der Waals surface area (Å²) in [6.45, 7) is 6.96. The van der Waals surface area contributed by atoms with Crippen molar-refractivity contribution in [2.24, 2.45) is 5.73 Å². The van der Waals surface area contributed by atoms with E-state index in [-0.39, 0.29) is 37.4 Å². The van der Waals surface area contributed by atoms with Crippen LogP contribution in [0.5, 0.6) is 0 Å². The Labute approximate surface area is 176 Å². The van der Waals surface area contributed by atoms with Crippen LogP contribution < -0.4 is 11.1 Å². The molecule has 164 valence electrons. The zero-order valence-corrected chi connectivity index (χ0v) is 17.9. The van der Waals surface area contributed by atoms with E-state index in [0.717, 1.165) is 16.5 Å². The summed E-state index contributed by atoms with van der Waals surface area (Å²) in [7, 11) is 0. The second-order valence-electron chi connectivity index (χ2n) is 7.80. The number of hydrogen-bond donors (Lipinski definition) is 3. The Balaban J connectivity index is 2.03. The number of hydrogen-bond acceptors (Lipinski definition) is 6. The number of H-pyrrole nitrogens is 1. The number of amides is 1. The molecule has 4 N–H and O–H groups in total. The smallest absolute Gasteiger partial charge is 0.329 e. The number of nitrogens with two attached hydrogens (primary N) is 1. The van der Waals surface area contributed by atoms with Crippen LogP contribution in [0.4, 0.5) is 0 Å². The third-order valence-electron chi connectivity index (χ3n) is 4.41. The zero-order valence-electron chi connectivity index (χ0n) is 17.9. The fourth-order valence-electron chi connectivity index (χ4n) is 3.02. The first-order chi connectivity index (χ1) is 14.2. The van der Waals surface area contributed by atoms with Crippen LogP contribution in [0.15, 0.2) is 30.5 Å². The predicted molar refractivity (Wildman–Crippen MR) is 114 cm³/mol. The Morgan fingerprint density at radius 2 is 1.67 bits per heavy atom. The minimum absolute atomic E-state index is 0.00624. The van der Waals surface area contributed by atoms with E-state index < -0.39 is 24.0 Å². The number of benzene rings is 1. The molecule has 0 fully saturated rings. The first-order valence-corrected chi connectivity index (χ1v) is 10.2. The van der Waals surface area contributed by atoms with Gasteiger partial charge in [-0.1, -0.05) is 18.2 Å². The third-order valence-corrected chi connectivity index (χ3v) is 4.41. The molecule has 0 saturated carbocycles. The van der Waals surface area contributed by atoms with Crippen molar-refractivity contribution in [3.05, 3.63) is 36.0 Å². The number of carbonyl (C=O) groups excluding carboxylic acids is 3. The summed E-state index contributed by atoms with van der Waals surface area (Å²) < 4.78 is 10.4. The quantitative estimate of drug-likeness (QED) is 0.509. The van der Waals surface area contributed by atoms with Gasteiger partial charge in [0.1, 0.15) is 12.1 Å². The summed E-state index contributed by atoms with van der Waals surface area (Å²) in [5.74, 6) is -1.44. The van der Waals surface area contributed by atoms with E-state index in [1.54, 1.807) is 27.7 Å². The predicted octanol–water partition coefficient (Wildman–Crippen LogP) is 2.21. The van der Waals surface area contributed by atoms with Crippen LogP contribution in [0.3, 0.4) is 0 Å². The summed E-state index contributed by atoms with van der Waals surface area (Å²) in [6.07, 6.45) is 1.64. The van der Waals surface area contributed by atoms with Gasteiger partial charge in [0.2, 0.25) is 5.91 Å². The molecule has 2 aromatic rings. The van der Waals surface area contributed by atoms with Gasteiger partial charge in [-0.2, -0.15) is 0 Å². The Hall–Kier alpha value is -2.87. The van der Waals surface area contributed by atoms with Crippen LogP contribution in [0, 0.1) is 0 Å². The highest BCUT2D eigenvalue weighted by atomic mass is 16.5. The molecule has 2 rings (SSSR count). The van der Waals surface area contributed by atoms with Gasteiger partial charge in [-0.25, -0.2) is 4.79 Å². The van der Waals surface area contributed by atoms with Crippen LogP contribution in [-0.2, 0) is 30.3 Å². The topological polar surface area (TPSA) is 124 Å². The monoisotopic (exact) mass is 417 g/mol. The van der Waals surface area contributed by atoms with Crippen LogP contribution in [-0.4, -0.2) is 47.1 Å². The van der Waals surface area contributed by atoms with Crippen LogP contribution in [0.1, 0.15) is 46.1 Å². The van der Waals surface area contributed by atoms with E-state index in [4.69, 9.17) is 15.2 Å². The lowest BCUT2D eigenvalue weighted by Gasteiger charge is -2.20. The van der Waals surface area contributed by atoms with Gasteiger partial charge in [0.25, 0.3) is 0 Å². The zero-order chi connectivity index (χ0) is 22.3. The summed E-state index contributed by atoms with van der Waals surface area (Å²) >= 11 is 0. The fourth-order valence-corrected chi connectivity index (χ4v) is 3.02. The number of rotatable bonds is 10. The number of aromatic nitrogens is 1. The molecule has 1 unspecified atom stereocenters. The molecule has 0 saturated heterocycles. The van der Waals surface area contributed by atoms with E-state index in [2.05, 4.69) is 10.3 Å². The maximum atomic E-state index is 12.6. The van der Waals surface area contributed by atoms with E-state index in [1.165, 1.54) is 0 Å². The Morgan fingerprint density at radius 1 is 1.03 bits per heavy atom. The van der Waals surface area contributed by atoms with Crippen molar-refractivity contribution < 1.29 is 23.9 Å². The molecule has 0 aliphatic carbocycles. The second kappa shape index (κ2) is 10.8. The molecule has 0 aliphatic rings. The number of aromatic amines is 1. The standard InChI is InChI=1S/C22H31N3O5/c1-13(2)29-21(27)17(23)9-10-20(26)25-19(22(28)30-14(3)4)11-15-12-24-18-8-6-5-7-16(15)18/h5-8,12-14,17,19,24H,9-11,23H2,1-4H3,(H,25,26)/t17?,19-/m1/s1. The van der Waals surface area contributed by atoms with Crippen molar-refractivity contribution in [2.45, 2.75) is 71.2 Å². The van der Waals surface area contributed by atoms with Gasteiger partial charge in [0.15, 0.2) is 0 Å². The average Bonchev–Trinajstić information content (AvgIpc) is 3.07. The highest BCUT2D eigenvalue weighted by Crippen LogP contribution is 2.19. The molecular weight excluding hydrogens is 386 g/mol. The van der Waals surface area contributed by atoms with Crippen LogP contribution in [0.2, 0.25) is 0 Å². The first kappa shape index (κ1) is 23.4. The number of carbonyl (C=O) groups is 3. The lowest BCUT2D eigenvalue weighted by molar-refractivity contribution is -0.152. The number of para-hydroxylation sites is 1. The van der Waals surface area contributed by atoms with E-state index in [0.29, 0.717) is 0 Å². The van der Waals surface area contributed by atoms with Crippen molar-refractivity contribution in [1.29, 1.82) is 0 Å². The molecule has 30 heavy (non-hydrogen) atoms. The molecule has 8 heteroatoms. The maximum absolute atomic E-state index is 12.6. The summed E-state index contributed by atoms with van der Waals surface area (Å²) in [5, 5.41) is 3.70. The van der Waals surface area contributed by atoms with Crippen molar-refractivity contribution in [2.75, 3.05) is 0 Å². The van der Waals surface area contributed by atoms with E-state index in [9.17, 15) is 14.4 Å². The van der Waals surface area contributed by atoms with Gasteiger partial charge < -0.3 is 25.5 Å². The lowest BCUT2D eigenvalue weighted by Crippen LogP contribution is -2.44. The lowest BCUT2D eigenvalue weighted by atomic mass is 10.0. The van der Waals surface area contributed by atoms with Gasteiger partial charge in [-0.15, -0.1) is 0 Å². The highest BCUT2D eigenvalue weighted by molar-refractivity contribution is 5.87. The average molecular weight is 418 g/mol. The molecule has 8 nitrogen and oxygen atoms in total. The molecule has 2 atom stereocenters. The van der Waals surface area contributed by atoms with Gasteiger partial charge in [-0.3, -0.25) is 9.59 Å². The molecule has 1 aromatic carbocycles. The Morgan fingerprint density at radius 3 is 2.33 bits per heavy atom. The summed E-state index contributed by atoms with van der Waals surface area (Å²) in [5.41, 5.74) is 7.64. The van der Waals surface area contributed by atoms with Gasteiger partial charge in [0.05, 0.1) is 12.2 Å². The third kappa shape index (κ3) is 6.88. The molecule has 1 amide bonds. The Kier molecular flexibility index (Phi) is 8.41. The van der Waals surface area contributed by atoms with E-state index >= 15 is 0 Å². The first-order valence-electron chi connectivity index (χ1n) is 10.2. The number of esters is 2. The molecule has 1 heterocycles. The molecule has 0 bridgehead atoms. The Bertz CT molecular complexity index is 875. The minimum Gasteiger partial charge on any atom is -0.462 e. The summed E-state index contributed by atoms with van der Waals surface area (Å²) in [6, 6.07) is 5.98. The molecular formula is C22H31N3O5. The normalized spacial score (nSPS) is 13.3. The minimum atomic E-state index is -0.896. The highest BCUT2D eigenvalue weighted by Gasteiger charge is 2.26. The van der Waals surface area contributed by atoms with Crippen LogP contribution in [0.25, 0.3) is 10.9 Å². The van der Waals surface area contributed by atoms with Gasteiger partial charge >= 0.3 is 11.9 Å². The van der Waals surface area contributed by atoms with Crippen molar-refractivity contribution in [1.82, 2.24) is 10.3 Å². The van der Waals surface area contributed by atoms with Gasteiger partial charge in [-0.05, 0) is 45.7 Å². The van der Waals surface area contributed by atoms with Gasteiger partial charge in [0, 0.05) is 29.9 Å².